The van der Waals surface area contributed by atoms with Crippen molar-refractivity contribution in [1.29, 1.82) is 5.41 Å². The molecule has 1 heterocycles. The number of hydrogen-bond donors (Lipinski definition) is 2. The number of aromatic nitrogens is 2. The molecular formula is C9H14N4O2. The summed E-state index contributed by atoms with van der Waals surface area (Å²) in [5.41, 5.74) is -0.411. The second-order valence-electron chi connectivity index (χ2n) is 3.54. The Labute approximate surface area is 86.7 Å². The van der Waals surface area contributed by atoms with Gasteiger partial charge in [0.15, 0.2) is 0 Å². The SMILES string of the molecule is Cc1cn(CC(=N)N(C)C)c(=O)[nH]c1=O. The van der Waals surface area contributed by atoms with E-state index < -0.39 is 5.69 Å². The molecule has 0 amide bonds. The summed E-state index contributed by atoms with van der Waals surface area (Å²) in [6, 6.07) is 0. The molecule has 0 aliphatic heterocycles. The molecule has 0 saturated heterocycles. The minimum Gasteiger partial charge on any atom is -0.365 e. The van der Waals surface area contributed by atoms with Gasteiger partial charge in [0.2, 0.25) is 0 Å². The number of rotatable bonds is 2. The van der Waals surface area contributed by atoms with Crippen LogP contribution in [-0.2, 0) is 6.54 Å². The standard InChI is InChI=1S/C9H14N4O2/c1-6-4-13(5-7(10)12(2)3)9(15)11-8(6)14/h4,10H,5H2,1-3H3,(H,11,14,15). The molecule has 1 rings (SSSR count). The summed E-state index contributed by atoms with van der Waals surface area (Å²) in [7, 11) is 3.46. The third-order valence-electron chi connectivity index (χ3n) is 2.05. The van der Waals surface area contributed by atoms with Crippen LogP contribution in [0.5, 0.6) is 0 Å². The van der Waals surface area contributed by atoms with Crippen LogP contribution in [0.25, 0.3) is 0 Å². The molecular weight excluding hydrogens is 196 g/mol. The summed E-state index contributed by atoms with van der Waals surface area (Å²) in [6.07, 6.45) is 1.46. The molecule has 0 saturated carbocycles. The maximum absolute atomic E-state index is 11.3. The van der Waals surface area contributed by atoms with Crippen molar-refractivity contribution in [1.82, 2.24) is 14.5 Å². The highest BCUT2D eigenvalue weighted by Crippen LogP contribution is 1.87. The quantitative estimate of drug-likeness (QED) is 0.504. The second kappa shape index (κ2) is 4.12. The molecule has 0 radical (unpaired) electrons. The van der Waals surface area contributed by atoms with E-state index in [9.17, 15) is 9.59 Å². The normalized spacial score (nSPS) is 10.1. The van der Waals surface area contributed by atoms with E-state index in [1.807, 2.05) is 0 Å². The molecule has 1 aromatic heterocycles. The number of likely N-dealkylation sites (N-methyl/N-ethyl adjacent to an activating group) is 1. The highest BCUT2D eigenvalue weighted by atomic mass is 16.2. The third kappa shape index (κ3) is 2.55. The minimum atomic E-state index is -0.489. The van der Waals surface area contributed by atoms with Gasteiger partial charge in [0.05, 0.1) is 6.54 Å². The molecule has 0 spiro atoms. The average molecular weight is 210 g/mol. The van der Waals surface area contributed by atoms with Crippen molar-refractivity contribution in [2.24, 2.45) is 0 Å². The molecule has 1 aromatic rings. The Balaban J connectivity index is 3.07. The second-order valence-corrected chi connectivity index (χ2v) is 3.54. The fraction of sp³-hybridized carbons (Fsp3) is 0.444. The zero-order valence-corrected chi connectivity index (χ0v) is 9.00. The number of nitrogens with zero attached hydrogens (tertiary/aromatic N) is 2. The average Bonchev–Trinajstić information content (AvgIpc) is 2.13. The fourth-order valence-corrected chi connectivity index (χ4v) is 1.04. The lowest BCUT2D eigenvalue weighted by Crippen LogP contribution is -2.35. The van der Waals surface area contributed by atoms with Crippen LogP contribution < -0.4 is 11.2 Å². The highest BCUT2D eigenvalue weighted by molar-refractivity contribution is 5.78. The molecule has 6 heteroatoms. The molecule has 0 fully saturated rings. The monoisotopic (exact) mass is 210 g/mol. The Morgan fingerprint density at radius 1 is 1.53 bits per heavy atom. The van der Waals surface area contributed by atoms with Gasteiger partial charge in [0.25, 0.3) is 5.56 Å². The lowest BCUT2D eigenvalue weighted by atomic mass is 10.4. The highest BCUT2D eigenvalue weighted by Gasteiger charge is 2.04. The Hall–Kier alpha value is -1.85. The molecule has 0 aliphatic rings. The van der Waals surface area contributed by atoms with Crippen LogP contribution in [0.3, 0.4) is 0 Å². The maximum atomic E-state index is 11.3. The van der Waals surface area contributed by atoms with Gasteiger partial charge in [-0.05, 0) is 6.92 Å². The molecule has 0 aliphatic carbocycles. The van der Waals surface area contributed by atoms with Crippen LogP contribution in [0.15, 0.2) is 15.8 Å². The van der Waals surface area contributed by atoms with Crippen LogP contribution in [0.2, 0.25) is 0 Å². The molecule has 0 aromatic carbocycles. The van der Waals surface area contributed by atoms with Crippen molar-refractivity contribution in [3.05, 3.63) is 32.6 Å². The predicted molar refractivity (Wildman–Crippen MR) is 57.5 cm³/mol. The molecule has 0 atom stereocenters. The van der Waals surface area contributed by atoms with Gasteiger partial charge in [-0.25, -0.2) is 4.79 Å². The van der Waals surface area contributed by atoms with E-state index in [1.165, 1.54) is 10.8 Å². The van der Waals surface area contributed by atoms with Crippen LogP contribution in [-0.4, -0.2) is 34.4 Å². The van der Waals surface area contributed by atoms with Gasteiger partial charge in [-0.1, -0.05) is 0 Å². The van der Waals surface area contributed by atoms with E-state index >= 15 is 0 Å². The number of nitrogens with one attached hydrogen (secondary N) is 2. The van der Waals surface area contributed by atoms with Gasteiger partial charge in [0.1, 0.15) is 5.84 Å². The smallest absolute Gasteiger partial charge is 0.328 e. The lowest BCUT2D eigenvalue weighted by Gasteiger charge is -2.14. The Morgan fingerprint density at radius 3 is 2.67 bits per heavy atom. The van der Waals surface area contributed by atoms with Crippen molar-refractivity contribution < 1.29 is 0 Å². The van der Waals surface area contributed by atoms with E-state index in [0.29, 0.717) is 11.4 Å². The Bertz CT molecular complexity index is 484. The van der Waals surface area contributed by atoms with Gasteiger partial charge in [0, 0.05) is 25.9 Å². The zero-order valence-electron chi connectivity index (χ0n) is 9.00. The van der Waals surface area contributed by atoms with Crippen molar-refractivity contribution in [2.45, 2.75) is 13.5 Å². The molecule has 0 bridgehead atoms. The van der Waals surface area contributed by atoms with Crippen molar-refractivity contribution in [2.75, 3.05) is 14.1 Å². The number of aromatic amines is 1. The summed E-state index contributed by atoms with van der Waals surface area (Å²) in [4.78, 5) is 26.2. The fourth-order valence-electron chi connectivity index (χ4n) is 1.04. The van der Waals surface area contributed by atoms with Gasteiger partial charge in [-0.2, -0.15) is 0 Å². The first kappa shape index (κ1) is 11.2. The molecule has 2 N–H and O–H groups in total. The zero-order chi connectivity index (χ0) is 11.6. The number of hydrogen-bond acceptors (Lipinski definition) is 3. The Morgan fingerprint density at radius 2 is 2.13 bits per heavy atom. The number of amidine groups is 1. The van der Waals surface area contributed by atoms with Crippen molar-refractivity contribution in [3.8, 4) is 0 Å². The van der Waals surface area contributed by atoms with Crippen molar-refractivity contribution >= 4 is 5.84 Å². The van der Waals surface area contributed by atoms with Crippen LogP contribution in [0.4, 0.5) is 0 Å². The van der Waals surface area contributed by atoms with Crippen LogP contribution >= 0.6 is 0 Å². The van der Waals surface area contributed by atoms with E-state index in [0.717, 1.165) is 0 Å². The van der Waals surface area contributed by atoms with Crippen LogP contribution in [0.1, 0.15) is 5.56 Å². The minimum absolute atomic E-state index is 0.156. The number of aryl methyl sites for hydroxylation is 1. The topological polar surface area (TPSA) is 81.9 Å². The summed E-state index contributed by atoms with van der Waals surface area (Å²) < 4.78 is 1.30. The summed E-state index contributed by atoms with van der Waals surface area (Å²) in [5.74, 6) is 0.295. The first-order valence-electron chi connectivity index (χ1n) is 4.47. The first-order chi connectivity index (χ1) is 6.91. The number of H-pyrrole nitrogens is 1. The third-order valence-corrected chi connectivity index (χ3v) is 2.05. The van der Waals surface area contributed by atoms with Crippen molar-refractivity contribution in [3.63, 3.8) is 0 Å². The van der Waals surface area contributed by atoms with E-state index in [4.69, 9.17) is 5.41 Å². The molecule has 6 nitrogen and oxygen atoms in total. The summed E-state index contributed by atoms with van der Waals surface area (Å²) in [5, 5.41) is 7.58. The lowest BCUT2D eigenvalue weighted by molar-refractivity contribution is 0.575. The summed E-state index contributed by atoms with van der Waals surface area (Å²) in [6.45, 7) is 1.78. The molecule has 0 unspecified atom stereocenters. The first-order valence-corrected chi connectivity index (χ1v) is 4.47. The van der Waals surface area contributed by atoms with E-state index in [1.54, 1.807) is 25.9 Å². The predicted octanol–water partition coefficient (Wildman–Crippen LogP) is -0.616. The van der Waals surface area contributed by atoms with Gasteiger partial charge in [-0.3, -0.25) is 19.8 Å². The van der Waals surface area contributed by atoms with Crippen LogP contribution in [0, 0.1) is 12.3 Å². The van der Waals surface area contributed by atoms with Gasteiger partial charge >= 0.3 is 5.69 Å². The maximum Gasteiger partial charge on any atom is 0.328 e. The van der Waals surface area contributed by atoms with Gasteiger partial charge in [-0.15, -0.1) is 0 Å². The molecule has 82 valence electrons. The van der Waals surface area contributed by atoms with Gasteiger partial charge < -0.3 is 4.90 Å². The largest absolute Gasteiger partial charge is 0.365 e. The molecule has 15 heavy (non-hydrogen) atoms. The Kier molecular flexibility index (Phi) is 3.08. The van der Waals surface area contributed by atoms with E-state index in [2.05, 4.69) is 4.98 Å². The summed E-state index contributed by atoms with van der Waals surface area (Å²) >= 11 is 0. The van der Waals surface area contributed by atoms with E-state index in [-0.39, 0.29) is 12.1 Å².